The second-order valence-corrected chi connectivity index (χ2v) is 6.50. The van der Waals surface area contributed by atoms with Crippen molar-refractivity contribution in [2.45, 2.75) is 38.5 Å². The van der Waals surface area contributed by atoms with Crippen molar-refractivity contribution in [1.82, 2.24) is 15.2 Å². The van der Waals surface area contributed by atoms with Crippen LogP contribution in [0.2, 0.25) is 0 Å². The van der Waals surface area contributed by atoms with Crippen LogP contribution in [0.5, 0.6) is 0 Å². The van der Waals surface area contributed by atoms with E-state index >= 15 is 0 Å². The molecule has 2 fully saturated rings. The van der Waals surface area contributed by atoms with Crippen LogP contribution in [0.1, 0.15) is 42.9 Å². The van der Waals surface area contributed by atoms with Gasteiger partial charge in [0.1, 0.15) is 0 Å². The molecule has 2 aliphatic heterocycles. The van der Waals surface area contributed by atoms with E-state index in [1.54, 1.807) is 0 Å². The van der Waals surface area contributed by atoms with E-state index in [1.165, 1.54) is 64.0 Å². The molecule has 0 atom stereocenters. The molecule has 0 amide bonds. The molecule has 4 heteroatoms. The van der Waals surface area contributed by atoms with Crippen LogP contribution in [-0.4, -0.2) is 42.6 Å². The summed E-state index contributed by atoms with van der Waals surface area (Å²) in [6, 6.07) is 4.42. The Morgan fingerprint density at radius 2 is 1.86 bits per heavy atom. The van der Waals surface area contributed by atoms with Gasteiger partial charge in [0.25, 0.3) is 0 Å². The van der Waals surface area contributed by atoms with Gasteiger partial charge >= 0.3 is 0 Å². The molecule has 0 spiro atoms. The molecular weight excluding hydrogens is 282 g/mol. The van der Waals surface area contributed by atoms with Crippen molar-refractivity contribution in [3.63, 3.8) is 0 Å². The monoisotopic (exact) mass is 309 g/mol. The summed E-state index contributed by atoms with van der Waals surface area (Å²) in [5.74, 6) is 1.65. The number of aryl methyl sites for hydroxylation is 1. The molecule has 118 valence electrons. The smallest absolute Gasteiger partial charge is 0.0372 e. The molecule has 0 aromatic carbocycles. The number of rotatable bonds is 3. The lowest BCUT2D eigenvalue weighted by molar-refractivity contribution is 0.167. The van der Waals surface area contributed by atoms with E-state index in [9.17, 15) is 0 Å². The fraction of sp³-hybridized carbons (Fsp3) is 0.706. The summed E-state index contributed by atoms with van der Waals surface area (Å²) in [5.41, 5.74) is 2.56. The summed E-state index contributed by atoms with van der Waals surface area (Å²) in [7, 11) is 0. The number of nitrogens with zero attached hydrogens (tertiary/aromatic N) is 2. The van der Waals surface area contributed by atoms with Crippen LogP contribution in [-0.2, 0) is 0 Å². The van der Waals surface area contributed by atoms with Crippen LogP contribution < -0.4 is 5.32 Å². The lowest BCUT2D eigenvalue weighted by atomic mass is 9.89. The number of hydrogen-bond acceptors (Lipinski definition) is 3. The summed E-state index contributed by atoms with van der Waals surface area (Å²) < 4.78 is 0. The molecule has 0 bridgehead atoms. The highest BCUT2D eigenvalue weighted by atomic mass is 35.5. The minimum atomic E-state index is 0. The predicted octanol–water partition coefficient (Wildman–Crippen LogP) is 2.99. The summed E-state index contributed by atoms with van der Waals surface area (Å²) in [6.07, 6.45) is 7.41. The molecule has 2 saturated heterocycles. The predicted molar refractivity (Wildman–Crippen MR) is 90.2 cm³/mol. The Hall–Kier alpha value is -0.640. The highest BCUT2D eigenvalue weighted by Gasteiger charge is 2.23. The number of hydrogen-bond donors (Lipinski definition) is 1. The number of pyridine rings is 1. The Morgan fingerprint density at radius 3 is 2.48 bits per heavy atom. The molecule has 0 unspecified atom stereocenters. The van der Waals surface area contributed by atoms with Crippen molar-refractivity contribution in [2.24, 2.45) is 5.92 Å². The molecule has 1 aromatic heterocycles. The number of halogens is 1. The van der Waals surface area contributed by atoms with Crippen LogP contribution in [0.3, 0.4) is 0 Å². The van der Waals surface area contributed by atoms with E-state index in [4.69, 9.17) is 0 Å². The normalized spacial score (nSPS) is 22.0. The summed E-state index contributed by atoms with van der Waals surface area (Å²) in [4.78, 5) is 7.13. The van der Waals surface area contributed by atoms with E-state index in [0.29, 0.717) is 0 Å². The Labute approximate surface area is 134 Å². The van der Waals surface area contributed by atoms with E-state index in [2.05, 4.69) is 40.5 Å². The first-order valence-corrected chi connectivity index (χ1v) is 8.17. The minimum Gasteiger partial charge on any atom is -0.317 e. The molecule has 1 N–H and O–H groups in total. The average molecular weight is 310 g/mol. The standard InChI is InChI=1S/C17H27N3.ClH/c1-14-2-3-17(12-19-14)16-6-10-20(11-7-16)13-15-4-8-18-9-5-15;/h2-3,12,15-16,18H,4-11,13H2,1H3;1H. The molecule has 3 rings (SSSR count). The van der Waals surface area contributed by atoms with Crippen molar-refractivity contribution < 1.29 is 0 Å². The SMILES string of the molecule is Cc1ccc(C2CCN(CC3CCNCC3)CC2)cn1.Cl. The van der Waals surface area contributed by atoms with Crippen molar-refractivity contribution in [3.05, 3.63) is 29.6 Å². The molecule has 2 aliphatic rings. The van der Waals surface area contributed by atoms with Gasteiger partial charge in [-0.1, -0.05) is 6.07 Å². The van der Waals surface area contributed by atoms with Gasteiger partial charge in [-0.15, -0.1) is 12.4 Å². The van der Waals surface area contributed by atoms with E-state index in [1.807, 2.05) is 0 Å². The average Bonchev–Trinajstić information content (AvgIpc) is 2.50. The Balaban J connectivity index is 0.00000161. The maximum Gasteiger partial charge on any atom is 0.0372 e. The maximum absolute atomic E-state index is 4.45. The van der Waals surface area contributed by atoms with Gasteiger partial charge < -0.3 is 10.2 Å². The number of piperidine rings is 2. The molecular formula is C17H28ClN3. The van der Waals surface area contributed by atoms with Gasteiger partial charge in [-0.25, -0.2) is 0 Å². The minimum absolute atomic E-state index is 0. The fourth-order valence-corrected chi connectivity index (χ4v) is 3.60. The Kier molecular flexibility index (Phi) is 6.46. The second-order valence-electron chi connectivity index (χ2n) is 6.50. The lowest BCUT2D eigenvalue weighted by Crippen LogP contribution is -2.39. The summed E-state index contributed by atoms with van der Waals surface area (Å²) in [5, 5.41) is 3.46. The van der Waals surface area contributed by atoms with Crippen molar-refractivity contribution in [3.8, 4) is 0 Å². The molecule has 0 saturated carbocycles. The zero-order chi connectivity index (χ0) is 13.8. The van der Waals surface area contributed by atoms with Gasteiger partial charge in [-0.2, -0.15) is 0 Å². The number of likely N-dealkylation sites (tertiary alicyclic amines) is 1. The first-order valence-electron chi connectivity index (χ1n) is 8.17. The lowest BCUT2D eigenvalue weighted by Gasteiger charge is -2.35. The molecule has 3 heterocycles. The fourth-order valence-electron chi connectivity index (χ4n) is 3.60. The van der Waals surface area contributed by atoms with Crippen LogP contribution in [0.15, 0.2) is 18.3 Å². The maximum atomic E-state index is 4.45. The largest absolute Gasteiger partial charge is 0.317 e. The second kappa shape index (κ2) is 8.11. The molecule has 1 aromatic rings. The van der Waals surface area contributed by atoms with Gasteiger partial charge in [0.2, 0.25) is 0 Å². The van der Waals surface area contributed by atoms with Gasteiger partial charge in [-0.3, -0.25) is 4.98 Å². The van der Waals surface area contributed by atoms with Crippen LogP contribution in [0, 0.1) is 12.8 Å². The highest BCUT2D eigenvalue weighted by Crippen LogP contribution is 2.28. The van der Waals surface area contributed by atoms with E-state index in [0.717, 1.165) is 17.5 Å². The quantitative estimate of drug-likeness (QED) is 0.930. The van der Waals surface area contributed by atoms with Crippen LogP contribution in [0.4, 0.5) is 0 Å². The molecule has 0 aliphatic carbocycles. The van der Waals surface area contributed by atoms with E-state index in [-0.39, 0.29) is 12.4 Å². The van der Waals surface area contributed by atoms with Gasteiger partial charge in [-0.05, 0) is 82.3 Å². The number of aromatic nitrogens is 1. The third-order valence-corrected chi connectivity index (χ3v) is 4.97. The topological polar surface area (TPSA) is 28.2 Å². The van der Waals surface area contributed by atoms with E-state index < -0.39 is 0 Å². The third kappa shape index (κ3) is 4.67. The van der Waals surface area contributed by atoms with Crippen molar-refractivity contribution in [1.29, 1.82) is 0 Å². The number of nitrogens with one attached hydrogen (secondary N) is 1. The first kappa shape index (κ1) is 16.7. The zero-order valence-electron chi connectivity index (χ0n) is 13.1. The Bertz CT molecular complexity index is 407. The summed E-state index contributed by atoms with van der Waals surface area (Å²) in [6.45, 7) is 8.35. The first-order chi connectivity index (χ1) is 9.81. The molecule has 3 nitrogen and oxygen atoms in total. The van der Waals surface area contributed by atoms with Crippen molar-refractivity contribution in [2.75, 3.05) is 32.7 Å². The molecule has 21 heavy (non-hydrogen) atoms. The molecule has 0 radical (unpaired) electrons. The summed E-state index contributed by atoms with van der Waals surface area (Å²) >= 11 is 0. The van der Waals surface area contributed by atoms with Crippen LogP contribution >= 0.6 is 12.4 Å². The van der Waals surface area contributed by atoms with Gasteiger partial charge in [0.15, 0.2) is 0 Å². The highest BCUT2D eigenvalue weighted by molar-refractivity contribution is 5.85. The van der Waals surface area contributed by atoms with Crippen LogP contribution in [0.25, 0.3) is 0 Å². The zero-order valence-corrected chi connectivity index (χ0v) is 13.9. The Morgan fingerprint density at radius 1 is 1.14 bits per heavy atom. The van der Waals surface area contributed by atoms with Gasteiger partial charge in [0, 0.05) is 18.4 Å². The van der Waals surface area contributed by atoms with Crippen molar-refractivity contribution >= 4 is 12.4 Å². The third-order valence-electron chi connectivity index (χ3n) is 4.97. The van der Waals surface area contributed by atoms with Gasteiger partial charge in [0.05, 0.1) is 0 Å².